The second kappa shape index (κ2) is 12.1. The minimum Gasteiger partial charge on any atom is -0.497 e. The van der Waals surface area contributed by atoms with Gasteiger partial charge in [0.25, 0.3) is 0 Å². The highest BCUT2D eigenvalue weighted by molar-refractivity contribution is 7.88. The Kier molecular flexibility index (Phi) is 8.98. The molecule has 0 aliphatic heterocycles. The summed E-state index contributed by atoms with van der Waals surface area (Å²) < 4.78 is 47.1. The molecule has 3 aromatic carbocycles. The van der Waals surface area contributed by atoms with Crippen LogP contribution in [-0.2, 0) is 28.0 Å². The minimum atomic E-state index is -4.29. The molecule has 1 atom stereocenters. The molecule has 0 aliphatic rings. The van der Waals surface area contributed by atoms with E-state index in [1.54, 1.807) is 55.6 Å². The molecule has 11 heteroatoms. The molecule has 3 aromatic rings. The number of ether oxygens (including phenoxy) is 1. The number of nitrogens with zero attached hydrogens (tertiary/aromatic N) is 1. The Morgan fingerprint density at radius 3 is 2.28 bits per heavy atom. The van der Waals surface area contributed by atoms with E-state index in [1.807, 2.05) is 10.8 Å². The third-order valence-electron chi connectivity index (χ3n) is 5.26. The zero-order valence-corrected chi connectivity index (χ0v) is 20.6. The summed E-state index contributed by atoms with van der Waals surface area (Å²) in [5, 5.41) is 2.46. The van der Waals surface area contributed by atoms with Crippen LogP contribution in [0.3, 0.4) is 0 Å². The number of rotatable bonds is 10. The first kappa shape index (κ1) is 26.6. The molecule has 0 saturated heterocycles. The van der Waals surface area contributed by atoms with E-state index in [0.717, 1.165) is 5.56 Å². The zero-order valence-electron chi connectivity index (χ0n) is 19.8. The Balaban J connectivity index is 1.70. The van der Waals surface area contributed by atoms with Crippen molar-refractivity contribution in [2.24, 2.45) is 0 Å². The molecule has 0 spiro atoms. The quantitative estimate of drug-likeness (QED) is 0.385. The van der Waals surface area contributed by atoms with E-state index in [9.17, 15) is 22.4 Å². The number of nitrogens with one attached hydrogen (secondary N) is 3. The number of hydrogen-bond donors (Lipinski definition) is 3. The maximum absolute atomic E-state index is 13.3. The Hall–Kier alpha value is -3.96. The van der Waals surface area contributed by atoms with Crippen molar-refractivity contribution < 1.29 is 27.1 Å². The lowest BCUT2D eigenvalue weighted by molar-refractivity contribution is -0.120. The van der Waals surface area contributed by atoms with Gasteiger partial charge in [-0.1, -0.05) is 42.5 Å². The van der Waals surface area contributed by atoms with Crippen LogP contribution in [0.15, 0.2) is 78.9 Å². The Bertz CT molecular complexity index is 1290. The first-order valence-corrected chi connectivity index (χ1v) is 12.4. The summed E-state index contributed by atoms with van der Waals surface area (Å²) in [4.78, 5) is 27.2. The van der Waals surface area contributed by atoms with Crippen molar-refractivity contribution in [3.8, 4) is 5.75 Å². The van der Waals surface area contributed by atoms with Crippen LogP contribution in [0, 0.1) is 5.82 Å². The lowest BCUT2D eigenvalue weighted by atomic mass is 10.0. The summed E-state index contributed by atoms with van der Waals surface area (Å²) in [6, 6.07) is 19.0. The highest BCUT2D eigenvalue weighted by Crippen LogP contribution is 2.19. The van der Waals surface area contributed by atoms with Crippen molar-refractivity contribution >= 4 is 27.8 Å². The van der Waals surface area contributed by atoms with Crippen molar-refractivity contribution in [3.63, 3.8) is 0 Å². The number of hydrogen-bond acceptors (Lipinski definition) is 5. The van der Waals surface area contributed by atoms with Crippen LogP contribution in [0.1, 0.15) is 11.1 Å². The predicted octanol–water partition coefficient (Wildman–Crippen LogP) is 2.74. The fourth-order valence-corrected chi connectivity index (χ4v) is 4.12. The van der Waals surface area contributed by atoms with Crippen LogP contribution >= 0.6 is 0 Å². The Morgan fingerprint density at radius 2 is 1.64 bits per heavy atom. The van der Waals surface area contributed by atoms with Crippen molar-refractivity contribution in [1.82, 2.24) is 14.8 Å². The third kappa shape index (κ3) is 7.79. The fraction of sp³-hybridized carbons (Fsp3) is 0.200. The van der Waals surface area contributed by atoms with Crippen LogP contribution in [0.2, 0.25) is 0 Å². The van der Waals surface area contributed by atoms with E-state index >= 15 is 0 Å². The topological polar surface area (TPSA) is 117 Å². The average Bonchev–Trinajstić information content (AvgIpc) is 2.87. The van der Waals surface area contributed by atoms with Gasteiger partial charge in [-0.25, -0.2) is 13.9 Å². The molecular weight excluding hydrogens is 487 g/mol. The summed E-state index contributed by atoms with van der Waals surface area (Å²) >= 11 is 0. The standard InChI is InChI=1S/C25H27FN4O5S/c1-30(21-11-13-22(35-2)14-12-21)24(31)23(16-18-7-4-3-5-8-18)28-25(32)29-36(33,34)27-17-19-9-6-10-20(26)15-19/h3-15,23,27H,16-17H2,1-2H3,(H2,28,29,32)/t23-/m0/s1. The highest BCUT2D eigenvalue weighted by atomic mass is 32.2. The molecular formula is C25H27FN4O5S. The van der Waals surface area contributed by atoms with Crippen molar-refractivity contribution in [2.75, 3.05) is 19.1 Å². The summed E-state index contributed by atoms with van der Waals surface area (Å²) in [5.74, 6) is -0.348. The van der Waals surface area contributed by atoms with Gasteiger partial charge < -0.3 is 15.0 Å². The first-order valence-electron chi connectivity index (χ1n) is 10.9. The Labute approximate surface area is 209 Å². The molecule has 3 amide bonds. The van der Waals surface area contributed by atoms with E-state index in [-0.39, 0.29) is 13.0 Å². The van der Waals surface area contributed by atoms with Crippen LogP contribution < -0.4 is 24.4 Å². The molecule has 0 heterocycles. The average molecular weight is 515 g/mol. The molecule has 0 radical (unpaired) electrons. The highest BCUT2D eigenvalue weighted by Gasteiger charge is 2.27. The normalized spacial score (nSPS) is 11.9. The van der Waals surface area contributed by atoms with Gasteiger partial charge in [-0.2, -0.15) is 13.1 Å². The van der Waals surface area contributed by atoms with Gasteiger partial charge in [0.15, 0.2) is 0 Å². The maximum atomic E-state index is 13.3. The molecule has 3 N–H and O–H groups in total. The smallest absolute Gasteiger partial charge is 0.330 e. The number of halogens is 1. The summed E-state index contributed by atoms with van der Waals surface area (Å²) in [5.41, 5.74) is 1.70. The van der Waals surface area contributed by atoms with Crippen molar-refractivity contribution in [1.29, 1.82) is 0 Å². The molecule has 9 nitrogen and oxygen atoms in total. The lowest BCUT2D eigenvalue weighted by Gasteiger charge is -2.25. The summed E-state index contributed by atoms with van der Waals surface area (Å²) in [7, 11) is -1.20. The lowest BCUT2D eigenvalue weighted by Crippen LogP contribution is -2.54. The summed E-state index contributed by atoms with van der Waals surface area (Å²) in [6.45, 7) is -0.229. The molecule has 36 heavy (non-hydrogen) atoms. The molecule has 0 bridgehead atoms. The molecule has 190 valence electrons. The number of likely N-dealkylation sites (N-methyl/N-ethyl adjacent to an activating group) is 1. The number of benzene rings is 3. The molecule has 3 rings (SSSR count). The molecule has 0 unspecified atom stereocenters. The predicted molar refractivity (Wildman–Crippen MR) is 134 cm³/mol. The molecule has 0 aromatic heterocycles. The SMILES string of the molecule is COc1ccc(N(C)C(=O)[C@H](Cc2ccccc2)NC(=O)NS(=O)(=O)NCc2cccc(F)c2)cc1. The van der Waals surface area contributed by atoms with E-state index in [2.05, 4.69) is 10.0 Å². The van der Waals surface area contributed by atoms with Crippen LogP contribution in [-0.4, -0.2) is 40.6 Å². The van der Waals surface area contributed by atoms with Crippen molar-refractivity contribution in [3.05, 3.63) is 95.8 Å². The fourth-order valence-electron chi connectivity index (χ4n) is 3.39. The number of amides is 3. The van der Waals surface area contributed by atoms with Crippen molar-refractivity contribution in [2.45, 2.75) is 19.0 Å². The monoisotopic (exact) mass is 514 g/mol. The van der Waals surface area contributed by atoms with Gasteiger partial charge in [-0.3, -0.25) is 4.79 Å². The van der Waals surface area contributed by atoms with Crippen LogP contribution in [0.25, 0.3) is 0 Å². The van der Waals surface area contributed by atoms with Gasteiger partial charge in [0.1, 0.15) is 17.6 Å². The zero-order chi connectivity index (χ0) is 26.1. The number of carbonyl (C=O) groups excluding carboxylic acids is 2. The van der Waals surface area contributed by atoms with E-state index in [1.165, 1.54) is 36.3 Å². The molecule has 0 fully saturated rings. The maximum Gasteiger partial charge on any atom is 0.330 e. The van der Waals surface area contributed by atoms with E-state index in [0.29, 0.717) is 17.0 Å². The second-order valence-electron chi connectivity index (χ2n) is 7.87. The van der Waals surface area contributed by atoms with E-state index < -0.39 is 34.0 Å². The Morgan fingerprint density at radius 1 is 0.972 bits per heavy atom. The molecule has 0 aliphatic carbocycles. The van der Waals surface area contributed by atoms with Gasteiger partial charge in [0.2, 0.25) is 5.91 Å². The number of carbonyl (C=O) groups is 2. The molecule has 0 saturated carbocycles. The van der Waals surface area contributed by atoms with Crippen LogP contribution in [0.4, 0.5) is 14.9 Å². The van der Waals surface area contributed by atoms with Gasteiger partial charge in [0.05, 0.1) is 7.11 Å². The van der Waals surface area contributed by atoms with Gasteiger partial charge in [-0.15, -0.1) is 0 Å². The summed E-state index contributed by atoms with van der Waals surface area (Å²) in [6.07, 6.45) is 0.129. The number of methoxy groups -OCH3 is 1. The van der Waals surface area contributed by atoms with E-state index in [4.69, 9.17) is 4.74 Å². The minimum absolute atomic E-state index is 0.129. The third-order valence-corrected chi connectivity index (χ3v) is 6.24. The number of urea groups is 1. The van der Waals surface area contributed by atoms with Crippen LogP contribution in [0.5, 0.6) is 5.75 Å². The largest absolute Gasteiger partial charge is 0.497 e. The first-order chi connectivity index (χ1) is 17.2. The second-order valence-corrected chi connectivity index (χ2v) is 9.37. The van der Waals surface area contributed by atoms with Gasteiger partial charge in [-0.05, 0) is 47.5 Å². The van der Waals surface area contributed by atoms with Gasteiger partial charge >= 0.3 is 16.2 Å². The number of anilines is 1. The van der Waals surface area contributed by atoms with Gasteiger partial charge in [0, 0.05) is 25.7 Å².